The first-order valence-electron chi connectivity index (χ1n) is 7.62. The highest BCUT2D eigenvalue weighted by molar-refractivity contribution is 5.70. The molecule has 0 aliphatic carbocycles. The van der Waals surface area contributed by atoms with E-state index in [4.69, 9.17) is 4.74 Å². The van der Waals surface area contributed by atoms with Crippen LogP contribution in [0.1, 0.15) is 43.7 Å². The van der Waals surface area contributed by atoms with Gasteiger partial charge in [-0.2, -0.15) is 0 Å². The molecule has 118 valence electrons. The molecule has 1 rings (SSSR count). The highest BCUT2D eigenvalue weighted by atomic mass is 19.1. The van der Waals surface area contributed by atoms with Crippen molar-refractivity contribution in [3.05, 3.63) is 35.1 Å². The number of halogens is 1. The van der Waals surface area contributed by atoms with Crippen LogP contribution in [-0.2, 0) is 16.0 Å². The molecule has 0 saturated carbocycles. The summed E-state index contributed by atoms with van der Waals surface area (Å²) in [6.07, 6.45) is 4.46. The topological polar surface area (TPSA) is 38.3 Å². The highest BCUT2D eigenvalue weighted by Crippen LogP contribution is 2.12. The summed E-state index contributed by atoms with van der Waals surface area (Å²) < 4.78 is 18.0. The van der Waals surface area contributed by atoms with Crippen molar-refractivity contribution < 1.29 is 13.9 Å². The van der Waals surface area contributed by atoms with Crippen molar-refractivity contribution in [1.82, 2.24) is 5.32 Å². The Labute approximate surface area is 126 Å². The van der Waals surface area contributed by atoms with Gasteiger partial charge in [0.05, 0.1) is 13.5 Å². The Morgan fingerprint density at radius 2 is 2.14 bits per heavy atom. The van der Waals surface area contributed by atoms with Crippen molar-refractivity contribution >= 4 is 5.97 Å². The maximum absolute atomic E-state index is 13.3. The number of carbonyl (C=O) groups excluding carboxylic acids is 1. The fourth-order valence-corrected chi connectivity index (χ4v) is 2.30. The molecule has 0 fully saturated rings. The number of benzene rings is 1. The second kappa shape index (κ2) is 9.50. The molecule has 0 aliphatic rings. The monoisotopic (exact) mass is 295 g/mol. The second-order valence-corrected chi connectivity index (χ2v) is 5.43. The van der Waals surface area contributed by atoms with Crippen LogP contribution in [0.15, 0.2) is 18.2 Å². The van der Waals surface area contributed by atoms with Gasteiger partial charge in [0, 0.05) is 6.04 Å². The van der Waals surface area contributed by atoms with Crippen LogP contribution in [0, 0.1) is 12.7 Å². The molecule has 0 aliphatic heterocycles. The smallest absolute Gasteiger partial charge is 0.307 e. The number of ether oxygens (including phenoxy) is 1. The van der Waals surface area contributed by atoms with E-state index in [1.807, 2.05) is 6.07 Å². The van der Waals surface area contributed by atoms with Gasteiger partial charge in [0.1, 0.15) is 5.82 Å². The van der Waals surface area contributed by atoms with E-state index in [2.05, 4.69) is 12.2 Å². The average molecular weight is 295 g/mol. The first kappa shape index (κ1) is 17.6. The Morgan fingerprint density at radius 1 is 1.38 bits per heavy atom. The standard InChI is InChI=1S/C17H26FNO2/c1-4-5-6-9-19-15(12-17(20)21-3)11-14-7-8-16(18)13(2)10-14/h7-8,10,15,19H,4-6,9,11-12H2,1-3H3. The third kappa shape index (κ3) is 6.71. The van der Waals surface area contributed by atoms with Gasteiger partial charge >= 0.3 is 5.97 Å². The molecule has 4 heteroatoms. The number of hydrogen-bond donors (Lipinski definition) is 1. The minimum Gasteiger partial charge on any atom is -0.469 e. The van der Waals surface area contributed by atoms with Crippen molar-refractivity contribution in [2.24, 2.45) is 0 Å². The van der Waals surface area contributed by atoms with Crippen LogP contribution in [0.25, 0.3) is 0 Å². The molecular formula is C17H26FNO2. The number of carbonyl (C=O) groups is 1. The second-order valence-electron chi connectivity index (χ2n) is 5.43. The maximum atomic E-state index is 13.3. The van der Waals surface area contributed by atoms with E-state index >= 15 is 0 Å². The summed E-state index contributed by atoms with van der Waals surface area (Å²) in [6, 6.07) is 5.13. The summed E-state index contributed by atoms with van der Waals surface area (Å²) in [5.41, 5.74) is 1.67. The highest BCUT2D eigenvalue weighted by Gasteiger charge is 2.15. The van der Waals surface area contributed by atoms with Crippen molar-refractivity contribution in [3.63, 3.8) is 0 Å². The van der Waals surface area contributed by atoms with Crippen LogP contribution in [0.2, 0.25) is 0 Å². The quantitative estimate of drug-likeness (QED) is 0.560. The molecule has 1 aromatic carbocycles. The molecule has 1 atom stereocenters. The fraction of sp³-hybridized carbons (Fsp3) is 0.588. The van der Waals surface area contributed by atoms with E-state index in [-0.39, 0.29) is 17.8 Å². The van der Waals surface area contributed by atoms with Crippen molar-refractivity contribution in [1.29, 1.82) is 0 Å². The lowest BCUT2D eigenvalue weighted by Gasteiger charge is -2.18. The maximum Gasteiger partial charge on any atom is 0.307 e. The lowest BCUT2D eigenvalue weighted by molar-refractivity contribution is -0.141. The van der Waals surface area contributed by atoms with E-state index in [1.165, 1.54) is 26.0 Å². The number of methoxy groups -OCH3 is 1. The molecule has 0 bridgehead atoms. The zero-order valence-corrected chi connectivity index (χ0v) is 13.2. The van der Waals surface area contributed by atoms with Gasteiger partial charge in [-0.05, 0) is 43.5 Å². The summed E-state index contributed by atoms with van der Waals surface area (Å²) >= 11 is 0. The SMILES string of the molecule is CCCCCNC(CC(=O)OC)Cc1ccc(F)c(C)c1. The summed E-state index contributed by atoms with van der Waals surface area (Å²) in [5, 5.41) is 3.41. The largest absolute Gasteiger partial charge is 0.469 e. The Balaban J connectivity index is 2.61. The number of hydrogen-bond acceptors (Lipinski definition) is 3. The van der Waals surface area contributed by atoms with E-state index in [0.717, 1.165) is 18.5 Å². The van der Waals surface area contributed by atoms with Gasteiger partial charge in [0.15, 0.2) is 0 Å². The van der Waals surface area contributed by atoms with E-state index < -0.39 is 0 Å². The van der Waals surface area contributed by atoms with Crippen LogP contribution < -0.4 is 5.32 Å². The Hall–Kier alpha value is -1.42. The summed E-state index contributed by atoms with van der Waals surface area (Å²) in [6.45, 7) is 4.80. The summed E-state index contributed by atoms with van der Waals surface area (Å²) in [5.74, 6) is -0.416. The molecule has 1 N–H and O–H groups in total. The third-order valence-corrected chi connectivity index (χ3v) is 3.56. The molecule has 0 spiro atoms. The first-order valence-corrected chi connectivity index (χ1v) is 7.62. The normalized spacial score (nSPS) is 12.2. The zero-order valence-electron chi connectivity index (χ0n) is 13.2. The lowest BCUT2D eigenvalue weighted by atomic mass is 10.0. The van der Waals surface area contributed by atoms with Crippen molar-refractivity contribution in [2.45, 2.75) is 52.0 Å². The van der Waals surface area contributed by atoms with Crippen LogP contribution in [0.5, 0.6) is 0 Å². The van der Waals surface area contributed by atoms with Gasteiger partial charge in [-0.3, -0.25) is 4.79 Å². The van der Waals surface area contributed by atoms with Gasteiger partial charge in [-0.25, -0.2) is 4.39 Å². The number of rotatable bonds is 9. The Morgan fingerprint density at radius 3 is 2.76 bits per heavy atom. The van der Waals surface area contributed by atoms with Crippen LogP contribution in [0.4, 0.5) is 4.39 Å². The number of aryl methyl sites for hydroxylation is 1. The minimum absolute atomic E-state index is 0.0270. The van der Waals surface area contributed by atoms with Crippen LogP contribution >= 0.6 is 0 Å². The fourth-order valence-electron chi connectivity index (χ4n) is 2.30. The molecule has 21 heavy (non-hydrogen) atoms. The molecule has 0 aromatic heterocycles. The Bertz CT molecular complexity index is 448. The lowest BCUT2D eigenvalue weighted by Crippen LogP contribution is -2.34. The van der Waals surface area contributed by atoms with Gasteiger partial charge in [-0.15, -0.1) is 0 Å². The van der Waals surface area contributed by atoms with E-state index in [1.54, 1.807) is 13.0 Å². The minimum atomic E-state index is -0.221. The predicted octanol–water partition coefficient (Wildman–Crippen LogP) is 3.39. The van der Waals surface area contributed by atoms with Gasteiger partial charge in [0.2, 0.25) is 0 Å². The van der Waals surface area contributed by atoms with E-state index in [0.29, 0.717) is 18.4 Å². The molecule has 0 heterocycles. The van der Waals surface area contributed by atoms with Gasteiger partial charge < -0.3 is 10.1 Å². The third-order valence-electron chi connectivity index (χ3n) is 3.56. The van der Waals surface area contributed by atoms with Crippen LogP contribution in [0.3, 0.4) is 0 Å². The molecular weight excluding hydrogens is 269 g/mol. The molecule has 0 radical (unpaired) electrons. The molecule has 1 aromatic rings. The zero-order chi connectivity index (χ0) is 15.7. The predicted molar refractivity (Wildman–Crippen MR) is 82.8 cm³/mol. The number of nitrogens with one attached hydrogen (secondary N) is 1. The summed E-state index contributed by atoms with van der Waals surface area (Å²) in [4.78, 5) is 11.5. The first-order chi connectivity index (χ1) is 10.1. The number of esters is 1. The van der Waals surface area contributed by atoms with Crippen molar-refractivity contribution in [2.75, 3.05) is 13.7 Å². The molecule has 3 nitrogen and oxygen atoms in total. The van der Waals surface area contributed by atoms with Gasteiger partial charge in [0.25, 0.3) is 0 Å². The molecule has 0 amide bonds. The molecule has 0 saturated heterocycles. The van der Waals surface area contributed by atoms with Gasteiger partial charge in [-0.1, -0.05) is 31.9 Å². The average Bonchev–Trinajstić information content (AvgIpc) is 2.47. The van der Waals surface area contributed by atoms with Crippen LogP contribution in [-0.4, -0.2) is 25.7 Å². The molecule has 1 unspecified atom stereocenters. The van der Waals surface area contributed by atoms with Crippen molar-refractivity contribution in [3.8, 4) is 0 Å². The Kier molecular flexibility index (Phi) is 7.98. The van der Waals surface area contributed by atoms with E-state index in [9.17, 15) is 9.18 Å². The summed E-state index contributed by atoms with van der Waals surface area (Å²) in [7, 11) is 1.40. The number of unbranched alkanes of at least 4 members (excludes halogenated alkanes) is 2.